The quantitative estimate of drug-likeness (QED) is 0.772. The first-order chi connectivity index (χ1) is 7.56. The van der Waals surface area contributed by atoms with Crippen LogP contribution >= 0.6 is 22.9 Å². The van der Waals surface area contributed by atoms with E-state index in [-0.39, 0.29) is 10.7 Å². The van der Waals surface area contributed by atoms with E-state index in [4.69, 9.17) is 11.6 Å². The van der Waals surface area contributed by atoms with E-state index in [0.717, 1.165) is 10.7 Å². The van der Waals surface area contributed by atoms with E-state index >= 15 is 0 Å². The number of nitrogens with zero attached hydrogens (tertiary/aromatic N) is 3. The molecule has 2 heterocycles. The first-order valence-electron chi connectivity index (χ1n) is 4.71. The topological polar surface area (TPSA) is 47.8 Å². The highest BCUT2D eigenvalue weighted by molar-refractivity contribution is 7.11. The van der Waals surface area contributed by atoms with Crippen molar-refractivity contribution in [2.24, 2.45) is 0 Å². The molecule has 0 aliphatic carbocycles. The van der Waals surface area contributed by atoms with Crippen LogP contribution in [0.5, 0.6) is 0 Å². The third-order valence-electron chi connectivity index (χ3n) is 2.22. The maximum Gasteiger partial charge on any atom is 0.255 e. The summed E-state index contributed by atoms with van der Waals surface area (Å²) in [4.78, 5) is 21.0. The highest BCUT2D eigenvalue weighted by Gasteiger charge is 2.05. The maximum atomic E-state index is 11.6. The summed E-state index contributed by atoms with van der Waals surface area (Å²) in [5, 5.41) is 1.12. The average Bonchev–Trinajstić information content (AvgIpc) is 2.51. The van der Waals surface area contributed by atoms with E-state index in [0.29, 0.717) is 6.54 Å². The zero-order chi connectivity index (χ0) is 11.7. The molecule has 16 heavy (non-hydrogen) atoms. The van der Waals surface area contributed by atoms with Crippen molar-refractivity contribution in [2.75, 3.05) is 0 Å². The number of thiazole rings is 1. The van der Waals surface area contributed by atoms with Crippen LogP contribution in [0.25, 0.3) is 0 Å². The molecule has 0 unspecified atom stereocenters. The molecule has 0 saturated heterocycles. The number of rotatable bonds is 2. The van der Waals surface area contributed by atoms with Crippen molar-refractivity contribution in [3.05, 3.63) is 43.5 Å². The zero-order valence-electron chi connectivity index (χ0n) is 8.90. The third kappa shape index (κ3) is 2.31. The summed E-state index contributed by atoms with van der Waals surface area (Å²) in [6.07, 6.45) is 1.44. The lowest BCUT2D eigenvalue weighted by atomic mass is 10.4. The van der Waals surface area contributed by atoms with Crippen molar-refractivity contribution in [1.82, 2.24) is 14.5 Å². The Bertz CT molecular complexity index is 556. The van der Waals surface area contributed by atoms with Crippen LogP contribution in [0.2, 0.25) is 5.15 Å². The van der Waals surface area contributed by atoms with Crippen molar-refractivity contribution in [1.29, 1.82) is 0 Å². The third-order valence-corrected chi connectivity index (χ3v) is 3.49. The Morgan fingerprint density at radius 1 is 1.50 bits per heavy atom. The van der Waals surface area contributed by atoms with Gasteiger partial charge >= 0.3 is 0 Å². The maximum absolute atomic E-state index is 11.6. The smallest absolute Gasteiger partial charge is 0.255 e. The van der Waals surface area contributed by atoms with Gasteiger partial charge in [-0.25, -0.2) is 9.97 Å². The molecule has 0 aliphatic heterocycles. The van der Waals surface area contributed by atoms with E-state index in [9.17, 15) is 4.79 Å². The molecule has 6 heteroatoms. The fourth-order valence-corrected chi connectivity index (χ4v) is 2.35. The standard InChI is InChI=1S/C10H10ClN3OS/c1-6-7(2)16-9(13-6)4-14-5-12-8(11)3-10(14)15/h3,5H,4H2,1-2H3. The summed E-state index contributed by atoms with van der Waals surface area (Å²) < 4.78 is 1.49. The van der Waals surface area contributed by atoms with Gasteiger partial charge in [-0.1, -0.05) is 11.6 Å². The molecule has 2 rings (SSSR count). The van der Waals surface area contributed by atoms with Crippen LogP contribution < -0.4 is 5.56 Å². The molecule has 0 fully saturated rings. The van der Waals surface area contributed by atoms with Gasteiger partial charge in [-0.15, -0.1) is 11.3 Å². The summed E-state index contributed by atoms with van der Waals surface area (Å²) in [6, 6.07) is 1.30. The summed E-state index contributed by atoms with van der Waals surface area (Å²) in [5.41, 5.74) is 0.848. The molecule has 0 spiro atoms. The minimum atomic E-state index is -0.162. The summed E-state index contributed by atoms with van der Waals surface area (Å²) >= 11 is 7.20. The first-order valence-corrected chi connectivity index (χ1v) is 5.90. The van der Waals surface area contributed by atoms with Gasteiger partial charge in [0.1, 0.15) is 10.2 Å². The van der Waals surface area contributed by atoms with Gasteiger partial charge in [0.25, 0.3) is 5.56 Å². The summed E-state index contributed by atoms with van der Waals surface area (Å²) in [6.45, 7) is 4.42. The minimum Gasteiger partial charge on any atom is -0.292 e. The second-order valence-corrected chi connectivity index (χ2v) is 5.10. The van der Waals surface area contributed by atoms with Gasteiger partial charge in [0.15, 0.2) is 0 Å². The largest absolute Gasteiger partial charge is 0.292 e. The van der Waals surface area contributed by atoms with Crippen LogP contribution in [0.4, 0.5) is 0 Å². The van der Waals surface area contributed by atoms with Crippen molar-refractivity contribution in [3.8, 4) is 0 Å². The second-order valence-electron chi connectivity index (χ2n) is 3.43. The van der Waals surface area contributed by atoms with Gasteiger partial charge in [0.2, 0.25) is 0 Å². The number of hydrogen-bond donors (Lipinski definition) is 0. The van der Waals surface area contributed by atoms with Crippen LogP contribution in [0.1, 0.15) is 15.6 Å². The lowest BCUT2D eigenvalue weighted by Gasteiger charge is -2.00. The molecule has 0 bridgehead atoms. The Balaban J connectivity index is 2.30. The molecule has 84 valence electrons. The molecule has 2 aromatic rings. The van der Waals surface area contributed by atoms with Gasteiger partial charge in [-0.2, -0.15) is 0 Å². The number of aryl methyl sites for hydroxylation is 2. The van der Waals surface area contributed by atoms with Gasteiger partial charge < -0.3 is 0 Å². The molecule has 0 saturated carbocycles. The Labute approximate surface area is 102 Å². The molecule has 0 amide bonds. The van der Waals surface area contributed by atoms with Gasteiger partial charge in [0.05, 0.1) is 18.6 Å². The summed E-state index contributed by atoms with van der Waals surface area (Å²) in [7, 11) is 0. The van der Waals surface area contributed by atoms with Gasteiger partial charge in [-0.3, -0.25) is 9.36 Å². The van der Waals surface area contributed by atoms with E-state index < -0.39 is 0 Å². The fraction of sp³-hybridized carbons (Fsp3) is 0.300. The van der Waals surface area contributed by atoms with E-state index in [1.807, 2.05) is 13.8 Å². The number of aromatic nitrogens is 3. The molecule has 0 N–H and O–H groups in total. The van der Waals surface area contributed by atoms with Crippen LogP contribution in [0.3, 0.4) is 0 Å². The fourth-order valence-electron chi connectivity index (χ4n) is 1.28. The lowest BCUT2D eigenvalue weighted by molar-refractivity contribution is 0.730. The van der Waals surface area contributed by atoms with Crippen molar-refractivity contribution < 1.29 is 0 Å². The van der Waals surface area contributed by atoms with Crippen molar-refractivity contribution in [3.63, 3.8) is 0 Å². The molecule has 0 radical (unpaired) electrons. The SMILES string of the molecule is Cc1nc(Cn2cnc(Cl)cc2=O)sc1C. The van der Waals surface area contributed by atoms with E-state index in [1.54, 1.807) is 11.3 Å². The Kier molecular flexibility index (Phi) is 3.07. The number of halogens is 1. The predicted molar refractivity (Wildman–Crippen MR) is 64.2 cm³/mol. The normalized spacial score (nSPS) is 10.7. The highest BCUT2D eigenvalue weighted by atomic mass is 35.5. The van der Waals surface area contributed by atoms with E-state index in [1.165, 1.54) is 21.8 Å². The lowest BCUT2D eigenvalue weighted by Crippen LogP contribution is -2.19. The monoisotopic (exact) mass is 255 g/mol. The molecular weight excluding hydrogens is 246 g/mol. The Morgan fingerprint density at radius 3 is 2.81 bits per heavy atom. The zero-order valence-corrected chi connectivity index (χ0v) is 10.5. The second kappa shape index (κ2) is 4.35. The van der Waals surface area contributed by atoms with Gasteiger partial charge in [0, 0.05) is 10.9 Å². The molecule has 0 aromatic carbocycles. The Hall–Kier alpha value is -1.20. The highest BCUT2D eigenvalue weighted by Crippen LogP contribution is 2.16. The Morgan fingerprint density at radius 2 is 2.25 bits per heavy atom. The number of hydrogen-bond acceptors (Lipinski definition) is 4. The predicted octanol–water partition coefficient (Wildman–Crippen LogP) is 2.02. The average molecular weight is 256 g/mol. The van der Waals surface area contributed by atoms with Crippen LogP contribution in [-0.4, -0.2) is 14.5 Å². The molecule has 0 atom stereocenters. The van der Waals surface area contributed by atoms with Crippen LogP contribution in [0, 0.1) is 13.8 Å². The molecule has 0 aliphatic rings. The van der Waals surface area contributed by atoms with Crippen molar-refractivity contribution in [2.45, 2.75) is 20.4 Å². The van der Waals surface area contributed by atoms with Crippen LogP contribution in [-0.2, 0) is 6.54 Å². The first kappa shape index (κ1) is 11.3. The molecule has 2 aromatic heterocycles. The molecular formula is C10H10ClN3OS. The van der Waals surface area contributed by atoms with Gasteiger partial charge in [-0.05, 0) is 13.8 Å². The summed E-state index contributed by atoms with van der Waals surface area (Å²) in [5.74, 6) is 0. The molecule has 4 nitrogen and oxygen atoms in total. The van der Waals surface area contributed by atoms with E-state index in [2.05, 4.69) is 9.97 Å². The van der Waals surface area contributed by atoms with Crippen LogP contribution in [0.15, 0.2) is 17.2 Å². The van der Waals surface area contributed by atoms with Crippen molar-refractivity contribution >= 4 is 22.9 Å². The minimum absolute atomic E-state index is 0.162.